The molecule has 162 valence electrons. The first-order valence-corrected chi connectivity index (χ1v) is 10.8. The summed E-state index contributed by atoms with van der Waals surface area (Å²) in [5.41, 5.74) is 1.66. The van der Waals surface area contributed by atoms with E-state index >= 15 is 0 Å². The van der Waals surface area contributed by atoms with E-state index in [-0.39, 0.29) is 12.7 Å². The van der Waals surface area contributed by atoms with Crippen molar-refractivity contribution in [2.24, 2.45) is 5.92 Å². The number of amides is 1. The summed E-state index contributed by atoms with van der Waals surface area (Å²) < 4.78 is 12.5. The molecule has 0 saturated carbocycles. The van der Waals surface area contributed by atoms with Crippen molar-refractivity contribution in [1.29, 1.82) is 0 Å². The van der Waals surface area contributed by atoms with Crippen molar-refractivity contribution in [3.05, 3.63) is 41.7 Å². The molecule has 2 aromatic heterocycles. The number of fused-ring (bicyclic) bond motifs is 2. The first-order valence-electron chi connectivity index (χ1n) is 10.8. The smallest absolute Gasteiger partial charge is 0.231 e. The number of aromatic nitrogens is 4. The minimum Gasteiger partial charge on any atom is -0.454 e. The van der Waals surface area contributed by atoms with Gasteiger partial charge < -0.3 is 19.7 Å². The standard InChI is InChI=1S/C22H26N6O3/c1-15-8-10-27(11-9-15)21-5-4-19-24-25-20(28(19)26-21)6-7-22(29)23-13-16-2-3-17-18(12-16)31-14-30-17/h2-5,12,15H,6-11,13-14H2,1H3,(H,23,29). The fourth-order valence-electron chi connectivity index (χ4n) is 3.95. The number of rotatable bonds is 6. The molecule has 0 unspecified atom stereocenters. The molecule has 0 bridgehead atoms. The van der Waals surface area contributed by atoms with Crippen LogP contribution in [0.3, 0.4) is 0 Å². The van der Waals surface area contributed by atoms with Crippen LogP contribution in [0.4, 0.5) is 5.82 Å². The Kier molecular flexibility index (Phi) is 5.31. The number of aryl methyl sites for hydroxylation is 1. The average Bonchev–Trinajstić information content (AvgIpc) is 3.42. The van der Waals surface area contributed by atoms with E-state index in [1.54, 1.807) is 4.52 Å². The molecule has 5 rings (SSSR count). The van der Waals surface area contributed by atoms with Crippen LogP contribution in [-0.4, -0.2) is 45.6 Å². The van der Waals surface area contributed by atoms with Crippen molar-refractivity contribution >= 4 is 17.4 Å². The number of carbonyl (C=O) groups is 1. The van der Waals surface area contributed by atoms with Gasteiger partial charge in [-0.2, -0.15) is 4.52 Å². The molecule has 0 spiro atoms. The monoisotopic (exact) mass is 422 g/mol. The fraction of sp³-hybridized carbons (Fsp3) is 0.455. The SMILES string of the molecule is CC1CCN(c2ccc3nnc(CCC(=O)NCc4ccc5c(c4)OCO5)n3n2)CC1. The van der Waals surface area contributed by atoms with E-state index < -0.39 is 0 Å². The highest BCUT2D eigenvalue weighted by Gasteiger charge is 2.19. The van der Waals surface area contributed by atoms with Crippen LogP contribution in [-0.2, 0) is 17.8 Å². The van der Waals surface area contributed by atoms with E-state index in [2.05, 4.69) is 27.3 Å². The molecule has 1 fully saturated rings. The number of piperidine rings is 1. The van der Waals surface area contributed by atoms with Gasteiger partial charge in [-0.05, 0) is 48.6 Å². The average molecular weight is 422 g/mol. The van der Waals surface area contributed by atoms with Gasteiger partial charge in [0.2, 0.25) is 12.7 Å². The maximum atomic E-state index is 12.4. The van der Waals surface area contributed by atoms with E-state index in [1.807, 2.05) is 30.3 Å². The van der Waals surface area contributed by atoms with Gasteiger partial charge in [0.1, 0.15) is 5.82 Å². The van der Waals surface area contributed by atoms with Gasteiger partial charge in [-0.1, -0.05) is 13.0 Å². The zero-order chi connectivity index (χ0) is 21.2. The summed E-state index contributed by atoms with van der Waals surface area (Å²) in [6.45, 7) is 5.00. The molecule has 1 saturated heterocycles. The summed E-state index contributed by atoms with van der Waals surface area (Å²) in [7, 11) is 0. The van der Waals surface area contributed by atoms with Crippen LogP contribution in [0.5, 0.6) is 11.5 Å². The number of hydrogen-bond acceptors (Lipinski definition) is 7. The van der Waals surface area contributed by atoms with Gasteiger partial charge in [-0.15, -0.1) is 15.3 Å². The van der Waals surface area contributed by atoms with Crippen molar-refractivity contribution in [3.8, 4) is 11.5 Å². The number of ether oxygens (including phenoxy) is 2. The van der Waals surface area contributed by atoms with Gasteiger partial charge in [-0.25, -0.2) is 0 Å². The minimum absolute atomic E-state index is 0.0458. The highest BCUT2D eigenvalue weighted by Crippen LogP contribution is 2.32. The first kappa shape index (κ1) is 19.6. The molecule has 9 heteroatoms. The summed E-state index contributed by atoms with van der Waals surface area (Å²) in [5.74, 6) is 3.80. The summed E-state index contributed by atoms with van der Waals surface area (Å²) >= 11 is 0. The summed E-state index contributed by atoms with van der Waals surface area (Å²) in [6, 6.07) is 9.62. The Balaban J connectivity index is 1.19. The van der Waals surface area contributed by atoms with Crippen LogP contribution in [0.15, 0.2) is 30.3 Å². The molecule has 9 nitrogen and oxygen atoms in total. The van der Waals surface area contributed by atoms with Crippen LogP contribution >= 0.6 is 0 Å². The number of carbonyl (C=O) groups excluding carboxylic acids is 1. The molecule has 1 N–H and O–H groups in total. The van der Waals surface area contributed by atoms with Gasteiger partial charge in [0.05, 0.1) is 0 Å². The predicted molar refractivity (Wildman–Crippen MR) is 114 cm³/mol. The van der Waals surface area contributed by atoms with Gasteiger partial charge in [-0.3, -0.25) is 4.79 Å². The van der Waals surface area contributed by atoms with Crippen molar-refractivity contribution in [3.63, 3.8) is 0 Å². The van der Waals surface area contributed by atoms with Gasteiger partial charge in [0.25, 0.3) is 0 Å². The second-order valence-electron chi connectivity index (χ2n) is 8.21. The van der Waals surface area contributed by atoms with Crippen LogP contribution in [0.1, 0.15) is 37.6 Å². The molecular formula is C22H26N6O3. The van der Waals surface area contributed by atoms with Gasteiger partial charge >= 0.3 is 0 Å². The zero-order valence-electron chi connectivity index (χ0n) is 17.6. The molecule has 0 atom stereocenters. The lowest BCUT2D eigenvalue weighted by molar-refractivity contribution is -0.121. The van der Waals surface area contributed by atoms with Crippen LogP contribution in [0.25, 0.3) is 5.65 Å². The third-order valence-electron chi connectivity index (χ3n) is 5.92. The molecule has 1 amide bonds. The second-order valence-corrected chi connectivity index (χ2v) is 8.21. The zero-order valence-corrected chi connectivity index (χ0v) is 17.6. The van der Waals surface area contributed by atoms with E-state index in [4.69, 9.17) is 14.6 Å². The molecule has 1 aromatic carbocycles. The molecule has 2 aliphatic rings. The van der Waals surface area contributed by atoms with Gasteiger partial charge in [0, 0.05) is 32.5 Å². The van der Waals surface area contributed by atoms with Crippen molar-refractivity contribution in [1.82, 2.24) is 25.1 Å². The summed E-state index contributed by atoms with van der Waals surface area (Å²) in [6.07, 6.45) is 3.15. The number of hydrogen-bond donors (Lipinski definition) is 1. The van der Waals surface area contributed by atoms with E-state index in [9.17, 15) is 4.79 Å². The Hall–Kier alpha value is -3.36. The second kappa shape index (κ2) is 8.41. The Morgan fingerprint density at radius 3 is 2.84 bits per heavy atom. The highest BCUT2D eigenvalue weighted by molar-refractivity contribution is 5.76. The Morgan fingerprint density at radius 2 is 1.97 bits per heavy atom. The van der Waals surface area contributed by atoms with E-state index in [0.717, 1.165) is 36.1 Å². The molecule has 0 radical (unpaired) electrons. The van der Waals surface area contributed by atoms with E-state index in [1.165, 1.54) is 12.8 Å². The Morgan fingerprint density at radius 1 is 1.13 bits per heavy atom. The maximum absolute atomic E-state index is 12.4. The predicted octanol–water partition coefficient (Wildman–Crippen LogP) is 2.34. The van der Waals surface area contributed by atoms with Gasteiger partial charge in [0.15, 0.2) is 23.0 Å². The topological polar surface area (TPSA) is 93.9 Å². The molecular weight excluding hydrogens is 396 g/mol. The van der Waals surface area contributed by atoms with E-state index in [0.29, 0.717) is 36.6 Å². The van der Waals surface area contributed by atoms with Crippen LogP contribution in [0.2, 0.25) is 0 Å². The lowest BCUT2D eigenvalue weighted by atomic mass is 9.99. The largest absolute Gasteiger partial charge is 0.454 e. The van der Waals surface area contributed by atoms with Crippen molar-refractivity contribution < 1.29 is 14.3 Å². The first-order chi connectivity index (χ1) is 15.2. The van der Waals surface area contributed by atoms with Crippen LogP contribution < -0.4 is 19.7 Å². The van der Waals surface area contributed by atoms with Crippen LogP contribution in [0, 0.1) is 5.92 Å². The molecule has 4 heterocycles. The highest BCUT2D eigenvalue weighted by atomic mass is 16.7. The van der Waals surface area contributed by atoms with Crippen molar-refractivity contribution in [2.75, 3.05) is 24.8 Å². The number of nitrogens with one attached hydrogen (secondary N) is 1. The number of anilines is 1. The molecule has 0 aliphatic carbocycles. The third kappa shape index (κ3) is 4.26. The minimum atomic E-state index is -0.0458. The lowest BCUT2D eigenvalue weighted by Gasteiger charge is -2.30. The van der Waals surface area contributed by atoms with Crippen molar-refractivity contribution in [2.45, 2.75) is 39.2 Å². The number of nitrogens with zero attached hydrogens (tertiary/aromatic N) is 5. The Labute approximate surface area is 180 Å². The Bertz CT molecular complexity index is 1090. The molecule has 31 heavy (non-hydrogen) atoms. The number of benzene rings is 1. The summed E-state index contributed by atoms with van der Waals surface area (Å²) in [5, 5.41) is 16.1. The third-order valence-corrected chi connectivity index (χ3v) is 5.92. The maximum Gasteiger partial charge on any atom is 0.231 e. The normalized spacial score (nSPS) is 16.1. The fourth-order valence-corrected chi connectivity index (χ4v) is 3.95. The molecule has 2 aliphatic heterocycles. The summed E-state index contributed by atoms with van der Waals surface area (Å²) in [4.78, 5) is 14.7. The molecule has 3 aromatic rings. The lowest BCUT2D eigenvalue weighted by Crippen LogP contribution is -2.33. The quantitative estimate of drug-likeness (QED) is 0.652.